The highest BCUT2D eigenvalue weighted by Gasteiger charge is 2.53. The van der Waals surface area contributed by atoms with E-state index in [0.29, 0.717) is 10.6 Å². The van der Waals surface area contributed by atoms with Crippen LogP contribution in [0, 0.1) is 0 Å². The van der Waals surface area contributed by atoms with Crippen LogP contribution in [0.4, 0.5) is 8.78 Å². The summed E-state index contributed by atoms with van der Waals surface area (Å²) in [6.45, 7) is 2.93. The summed E-state index contributed by atoms with van der Waals surface area (Å²) in [7, 11) is 0. The molecule has 4 heterocycles. The van der Waals surface area contributed by atoms with Crippen molar-refractivity contribution in [1.82, 2.24) is 9.61 Å². The third-order valence-electron chi connectivity index (χ3n) is 4.11. The van der Waals surface area contributed by atoms with E-state index in [4.69, 9.17) is 0 Å². The van der Waals surface area contributed by atoms with Gasteiger partial charge in [-0.1, -0.05) is 0 Å². The highest BCUT2D eigenvalue weighted by atomic mass is 79.9. The third kappa shape index (κ3) is 2.03. The van der Waals surface area contributed by atoms with Crippen molar-refractivity contribution in [2.75, 3.05) is 0 Å². The van der Waals surface area contributed by atoms with Crippen LogP contribution in [0.15, 0.2) is 45.4 Å². The third-order valence-corrected chi connectivity index (χ3v) is 5.63. The van der Waals surface area contributed by atoms with Gasteiger partial charge in [-0.2, -0.15) is 13.9 Å². The number of hydrogen-bond acceptors (Lipinski definition) is 3. The molecule has 0 fully saturated rings. The summed E-state index contributed by atoms with van der Waals surface area (Å²) in [5, 5.41) is 6.05. The molecule has 0 N–H and O–H groups in total. The van der Waals surface area contributed by atoms with E-state index >= 15 is 0 Å². The van der Waals surface area contributed by atoms with E-state index in [2.05, 4.69) is 26.0 Å². The van der Waals surface area contributed by atoms with Crippen LogP contribution >= 0.6 is 27.3 Å². The lowest BCUT2D eigenvalue weighted by atomic mass is 9.86. The topological polar surface area (TPSA) is 29.7 Å². The van der Waals surface area contributed by atoms with Crippen LogP contribution in [0.5, 0.6) is 0 Å². The van der Waals surface area contributed by atoms with Gasteiger partial charge in [0.1, 0.15) is 10.1 Å². The fraction of sp³-hybridized carbons (Fsp3) is 0.250. The minimum Gasteiger partial charge on any atom is -0.270 e. The Hall–Kier alpha value is -1.60. The fourth-order valence-electron chi connectivity index (χ4n) is 2.76. The second-order valence-electron chi connectivity index (χ2n) is 5.99. The smallest absolute Gasteiger partial charge is 0.270 e. The van der Waals surface area contributed by atoms with Crippen LogP contribution < -0.4 is 0 Å². The van der Waals surface area contributed by atoms with Gasteiger partial charge in [0, 0.05) is 11.1 Å². The minimum atomic E-state index is -2.98. The van der Waals surface area contributed by atoms with Crippen molar-refractivity contribution in [3.63, 3.8) is 0 Å². The molecule has 4 rings (SSSR count). The molecule has 0 bridgehead atoms. The van der Waals surface area contributed by atoms with E-state index in [1.807, 2.05) is 18.2 Å². The standard InChI is InChI=1S/C16H12BrF2N3S/c1-15(2)16(18,19)11-5-6-23-14(11)13(21-15)9-7-10-3-4-12(17)22(10)20-8-9/h3-8H,1-2H3. The predicted molar refractivity (Wildman–Crippen MR) is 90.8 cm³/mol. The Morgan fingerprint density at radius 1 is 1.22 bits per heavy atom. The van der Waals surface area contributed by atoms with Crippen LogP contribution in [0.3, 0.4) is 0 Å². The molecular weight excluding hydrogens is 384 g/mol. The number of halogens is 3. The van der Waals surface area contributed by atoms with E-state index in [1.165, 1.54) is 31.3 Å². The number of thiophene rings is 1. The van der Waals surface area contributed by atoms with E-state index in [0.717, 1.165) is 15.7 Å². The molecule has 0 unspecified atom stereocenters. The molecule has 0 radical (unpaired) electrons. The van der Waals surface area contributed by atoms with Gasteiger partial charge in [0.2, 0.25) is 0 Å². The molecule has 1 aliphatic rings. The molecule has 0 atom stereocenters. The second-order valence-corrected chi connectivity index (χ2v) is 7.72. The highest BCUT2D eigenvalue weighted by Crippen LogP contribution is 2.48. The number of rotatable bonds is 1. The first-order chi connectivity index (χ1) is 10.8. The maximum atomic E-state index is 14.6. The first-order valence-electron chi connectivity index (χ1n) is 7.01. The van der Waals surface area contributed by atoms with Gasteiger partial charge in [0.05, 0.1) is 22.3 Å². The average Bonchev–Trinajstić information content (AvgIpc) is 3.11. The summed E-state index contributed by atoms with van der Waals surface area (Å²) in [5.41, 5.74) is 0.762. The van der Waals surface area contributed by atoms with Gasteiger partial charge in [-0.15, -0.1) is 11.3 Å². The zero-order valence-electron chi connectivity index (χ0n) is 12.3. The van der Waals surface area contributed by atoms with Crippen LogP contribution in [0.1, 0.15) is 29.9 Å². The normalized spacial score (nSPS) is 18.7. The Balaban J connectivity index is 1.95. The molecule has 0 saturated carbocycles. The molecule has 3 nitrogen and oxygen atoms in total. The Kier molecular flexibility index (Phi) is 3.06. The van der Waals surface area contributed by atoms with E-state index in [9.17, 15) is 8.78 Å². The number of fused-ring (bicyclic) bond motifs is 2. The van der Waals surface area contributed by atoms with Gasteiger partial charge in [-0.25, -0.2) is 4.52 Å². The van der Waals surface area contributed by atoms with Crippen LogP contribution in [0.25, 0.3) is 5.52 Å². The molecular formula is C16H12BrF2N3S. The molecule has 0 aliphatic carbocycles. The van der Waals surface area contributed by atoms with Gasteiger partial charge >= 0.3 is 0 Å². The molecule has 3 aromatic heterocycles. The lowest BCUT2D eigenvalue weighted by molar-refractivity contribution is -0.0677. The quantitative estimate of drug-likeness (QED) is 0.577. The lowest BCUT2D eigenvalue weighted by Gasteiger charge is -2.35. The number of nitrogens with zero attached hydrogens (tertiary/aromatic N) is 3. The molecule has 1 aliphatic heterocycles. The van der Waals surface area contributed by atoms with Gasteiger partial charge in [0.15, 0.2) is 0 Å². The number of hydrogen-bond donors (Lipinski definition) is 0. The summed E-state index contributed by atoms with van der Waals surface area (Å²) in [5.74, 6) is -2.98. The monoisotopic (exact) mass is 395 g/mol. The Bertz CT molecular complexity index is 955. The average molecular weight is 396 g/mol. The fourth-order valence-corrected chi connectivity index (χ4v) is 4.13. The van der Waals surface area contributed by atoms with Gasteiger partial charge in [-0.05, 0) is 59.4 Å². The molecule has 0 aromatic carbocycles. The van der Waals surface area contributed by atoms with Gasteiger partial charge in [0.25, 0.3) is 5.92 Å². The van der Waals surface area contributed by atoms with Crippen LogP contribution in [-0.2, 0) is 5.92 Å². The molecule has 3 aromatic rings. The van der Waals surface area contributed by atoms with Crippen molar-refractivity contribution < 1.29 is 8.78 Å². The predicted octanol–water partition coefficient (Wildman–Crippen LogP) is 4.88. The second kappa shape index (κ2) is 4.70. The van der Waals surface area contributed by atoms with Crippen molar-refractivity contribution in [2.45, 2.75) is 25.3 Å². The lowest BCUT2D eigenvalue weighted by Crippen LogP contribution is -2.43. The van der Waals surface area contributed by atoms with Crippen LogP contribution in [-0.4, -0.2) is 20.9 Å². The number of aliphatic imine (C=N–C) groups is 1. The Morgan fingerprint density at radius 3 is 2.78 bits per heavy atom. The van der Waals surface area contributed by atoms with Crippen LogP contribution in [0.2, 0.25) is 0 Å². The van der Waals surface area contributed by atoms with E-state index in [1.54, 1.807) is 16.1 Å². The van der Waals surface area contributed by atoms with E-state index < -0.39 is 11.5 Å². The maximum Gasteiger partial charge on any atom is 0.298 e. The molecule has 23 heavy (non-hydrogen) atoms. The van der Waals surface area contributed by atoms with Gasteiger partial charge in [-0.3, -0.25) is 4.99 Å². The summed E-state index contributed by atoms with van der Waals surface area (Å²) < 4.78 is 31.8. The summed E-state index contributed by atoms with van der Waals surface area (Å²) in [6, 6.07) is 7.22. The molecule has 118 valence electrons. The summed E-state index contributed by atoms with van der Waals surface area (Å²) in [6.07, 6.45) is 1.67. The van der Waals surface area contributed by atoms with E-state index in [-0.39, 0.29) is 5.56 Å². The summed E-state index contributed by atoms with van der Waals surface area (Å²) >= 11 is 4.70. The van der Waals surface area contributed by atoms with Crippen molar-refractivity contribution in [3.05, 3.63) is 56.4 Å². The summed E-state index contributed by atoms with van der Waals surface area (Å²) in [4.78, 5) is 4.90. The first-order valence-corrected chi connectivity index (χ1v) is 8.68. The molecule has 0 amide bonds. The first kappa shape index (κ1) is 15.0. The zero-order chi connectivity index (χ0) is 16.4. The molecule has 7 heteroatoms. The minimum absolute atomic E-state index is 0.0499. The van der Waals surface area contributed by atoms with Crippen molar-refractivity contribution in [2.24, 2.45) is 4.99 Å². The molecule has 0 saturated heterocycles. The van der Waals surface area contributed by atoms with Crippen molar-refractivity contribution in [3.8, 4) is 0 Å². The van der Waals surface area contributed by atoms with Crippen molar-refractivity contribution in [1.29, 1.82) is 0 Å². The number of alkyl halides is 2. The highest BCUT2D eigenvalue weighted by molar-refractivity contribution is 9.10. The van der Waals surface area contributed by atoms with Gasteiger partial charge < -0.3 is 0 Å². The molecule has 0 spiro atoms. The maximum absolute atomic E-state index is 14.6. The number of aromatic nitrogens is 2. The SMILES string of the molecule is CC1(C)N=C(c2cnn3c(Br)ccc3c2)c2sccc2C1(F)F. The van der Waals surface area contributed by atoms with Crippen molar-refractivity contribution >= 4 is 38.5 Å². The zero-order valence-corrected chi connectivity index (χ0v) is 14.8. The Labute approximate surface area is 143 Å². The largest absolute Gasteiger partial charge is 0.298 e. The Morgan fingerprint density at radius 2 is 2.00 bits per heavy atom.